The van der Waals surface area contributed by atoms with Gasteiger partial charge in [-0.05, 0) is 36.8 Å². The third-order valence-electron chi connectivity index (χ3n) is 5.89. The summed E-state index contributed by atoms with van der Waals surface area (Å²) in [6.45, 7) is 2.18. The maximum Gasteiger partial charge on any atom is 0.251 e. The number of rotatable bonds is 7. The highest BCUT2D eigenvalue weighted by Crippen LogP contribution is 2.44. The Morgan fingerprint density at radius 2 is 2.17 bits per heavy atom. The van der Waals surface area contributed by atoms with Crippen molar-refractivity contribution >= 4 is 57.2 Å². The molecule has 1 amide bonds. The van der Waals surface area contributed by atoms with E-state index < -0.39 is 16.6 Å². The minimum absolute atomic E-state index is 0.131. The fourth-order valence-electron chi connectivity index (χ4n) is 4.33. The highest BCUT2D eigenvalue weighted by molar-refractivity contribution is 7.96. The molecule has 0 radical (unpaired) electrons. The molecule has 2 aromatic heterocycles. The van der Waals surface area contributed by atoms with E-state index in [2.05, 4.69) is 29.9 Å². The average Bonchev–Trinajstić information content (AvgIpc) is 3.28. The number of aromatic amines is 1. The van der Waals surface area contributed by atoms with Crippen LogP contribution in [-0.4, -0.2) is 22.3 Å². The lowest BCUT2D eigenvalue weighted by molar-refractivity contribution is -0.118. The zero-order valence-electron chi connectivity index (χ0n) is 16.5. The number of nitrogens with two attached hydrogens (primary N) is 1. The molecule has 1 unspecified atom stereocenters. The number of anilines is 1. The third kappa shape index (κ3) is 3.33. The molecule has 0 bridgehead atoms. The van der Waals surface area contributed by atoms with Gasteiger partial charge in [0.2, 0.25) is 5.12 Å². The Bertz CT molecular complexity index is 1150. The van der Waals surface area contributed by atoms with Gasteiger partial charge in [-0.1, -0.05) is 25.1 Å². The number of benzene rings is 1. The normalized spacial score (nSPS) is 17.9. The van der Waals surface area contributed by atoms with Gasteiger partial charge < -0.3 is 20.8 Å². The van der Waals surface area contributed by atoms with Gasteiger partial charge in [-0.15, -0.1) is 24.0 Å². The summed E-state index contributed by atoms with van der Waals surface area (Å²) in [5, 5.41) is 4.08. The van der Waals surface area contributed by atoms with Gasteiger partial charge in [-0.25, -0.2) is 0 Å². The third-order valence-corrected chi connectivity index (χ3v) is 7.44. The molecule has 0 spiro atoms. The van der Waals surface area contributed by atoms with E-state index in [1.54, 1.807) is 6.20 Å². The number of para-hydroxylation sites is 1. The number of amides is 1. The van der Waals surface area contributed by atoms with Crippen molar-refractivity contribution in [3.05, 3.63) is 52.0 Å². The summed E-state index contributed by atoms with van der Waals surface area (Å²) in [7, 11) is 0. The van der Waals surface area contributed by atoms with E-state index in [0.717, 1.165) is 40.6 Å². The number of aromatic nitrogens is 1. The van der Waals surface area contributed by atoms with Gasteiger partial charge in [0.25, 0.3) is 5.91 Å². The van der Waals surface area contributed by atoms with Gasteiger partial charge in [0, 0.05) is 34.0 Å². The fraction of sp³-hybridized carbons (Fsp3) is 0.318. The molecule has 4 rings (SSSR count). The maximum atomic E-state index is 12.9. The first kappa shape index (κ1) is 20.7. The van der Waals surface area contributed by atoms with Crippen molar-refractivity contribution in [2.45, 2.75) is 38.1 Å². The predicted octanol–water partition coefficient (Wildman–Crippen LogP) is 3.81. The Labute approximate surface area is 183 Å². The Morgan fingerprint density at radius 3 is 2.87 bits per heavy atom. The minimum atomic E-state index is -1.42. The van der Waals surface area contributed by atoms with Gasteiger partial charge in [-0.2, -0.15) is 0 Å². The number of carbonyl (C=O) groups excluding carboxylic acids is 3. The molecule has 0 saturated carbocycles. The first-order valence-corrected chi connectivity index (χ1v) is 11.1. The number of thiophene rings is 1. The zero-order chi connectivity index (χ0) is 21.5. The van der Waals surface area contributed by atoms with Crippen LogP contribution in [-0.2, 0) is 28.0 Å². The van der Waals surface area contributed by atoms with Crippen molar-refractivity contribution in [3.63, 3.8) is 0 Å². The first-order valence-electron chi connectivity index (χ1n) is 9.83. The number of hydrogen-bond donors (Lipinski definition) is 4. The topological polar surface area (TPSA) is 105 Å². The van der Waals surface area contributed by atoms with E-state index in [4.69, 9.17) is 5.73 Å². The smallest absolute Gasteiger partial charge is 0.251 e. The molecule has 4 N–H and O–H groups in total. The van der Waals surface area contributed by atoms with Crippen LogP contribution in [0.25, 0.3) is 10.9 Å². The van der Waals surface area contributed by atoms with Crippen LogP contribution in [0.4, 0.5) is 5.00 Å². The predicted molar refractivity (Wildman–Crippen MR) is 122 cm³/mol. The molecule has 2 heterocycles. The summed E-state index contributed by atoms with van der Waals surface area (Å²) < 4.78 is 0. The van der Waals surface area contributed by atoms with Gasteiger partial charge in [0.1, 0.15) is 16.8 Å². The van der Waals surface area contributed by atoms with Crippen molar-refractivity contribution in [1.82, 2.24) is 4.98 Å². The highest BCUT2D eigenvalue weighted by Gasteiger charge is 2.42. The maximum absolute atomic E-state index is 12.9. The molecule has 1 aliphatic rings. The molecule has 6 nitrogen and oxygen atoms in total. The van der Waals surface area contributed by atoms with E-state index in [1.807, 2.05) is 24.3 Å². The first-order chi connectivity index (χ1) is 14.4. The summed E-state index contributed by atoms with van der Waals surface area (Å²) in [6.07, 6.45) is 4.91. The molecule has 1 aromatic carbocycles. The van der Waals surface area contributed by atoms with Crippen molar-refractivity contribution in [3.8, 4) is 0 Å². The summed E-state index contributed by atoms with van der Waals surface area (Å²) in [5.74, 6) is -0.0142. The Balaban J connectivity index is 1.90. The molecule has 3 aromatic rings. The fourth-order valence-corrected chi connectivity index (χ4v) is 6.09. The molecular formula is C22H23N3O3S2. The number of aldehydes is 1. The molecule has 0 saturated heterocycles. The van der Waals surface area contributed by atoms with Crippen molar-refractivity contribution in [1.29, 1.82) is 0 Å². The van der Waals surface area contributed by atoms with Gasteiger partial charge in [0.05, 0.1) is 5.56 Å². The lowest BCUT2D eigenvalue weighted by Crippen LogP contribution is -2.42. The molecule has 156 valence electrons. The number of carbonyl (C=O) groups is 3. The number of thiol groups is 1. The number of H-pyrrole nitrogens is 1. The standard InChI is InChI=1S/C22H23N3O3S2/c1-12-6-7-14-17(10-12)30-20(18(14)19(23)27)25-22(8-9-26,21(28)29)15-11-24-16-5-3-2-4-13(15)16/h2-5,9,11-12,24-25H,6-8,10H2,1H3,(H2,23,27)(H,28,29)/t12?,22-/m0/s1. The molecule has 8 heteroatoms. The molecular weight excluding hydrogens is 418 g/mol. The van der Waals surface area contributed by atoms with Crippen molar-refractivity contribution in [2.24, 2.45) is 11.7 Å². The zero-order valence-corrected chi connectivity index (χ0v) is 18.2. The number of hydrogen-bond acceptors (Lipinski definition) is 5. The number of nitrogens with one attached hydrogen (secondary N) is 2. The van der Waals surface area contributed by atoms with E-state index in [1.165, 1.54) is 11.3 Å². The van der Waals surface area contributed by atoms with Crippen LogP contribution in [0.3, 0.4) is 0 Å². The summed E-state index contributed by atoms with van der Waals surface area (Å²) in [4.78, 5) is 41.2. The van der Waals surface area contributed by atoms with E-state index in [9.17, 15) is 14.4 Å². The minimum Gasteiger partial charge on any atom is -0.365 e. The molecule has 1 aliphatic carbocycles. The van der Waals surface area contributed by atoms with Crippen molar-refractivity contribution in [2.75, 3.05) is 5.32 Å². The van der Waals surface area contributed by atoms with Crippen molar-refractivity contribution < 1.29 is 14.4 Å². The number of fused-ring (bicyclic) bond motifs is 2. The van der Waals surface area contributed by atoms with Gasteiger partial charge in [0.15, 0.2) is 0 Å². The SMILES string of the molecule is CC1CCc2c(sc(N[C@](CC=O)(C(=O)S)c3c[nH]c4ccccc34)c2C(N)=O)C1. The van der Waals surface area contributed by atoms with Gasteiger partial charge >= 0.3 is 0 Å². The average molecular weight is 442 g/mol. The van der Waals surface area contributed by atoms with Crippen LogP contribution >= 0.6 is 24.0 Å². The van der Waals surface area contributed by atoms with Crippen LogP contribution < -0.4 is 11.1 Å². The molecule has 2 atom stereocenters. The Hall–Kier alpha value is -2.58. The van der Waals surface area contributed by atoms with Crippen LogP contribution in [0, 0.1) is 5.92 Å². The molecule has 0 fully saturated rings. The lowest BCUT2D eigenvalue weighted by atomic mass is 9.86. The Morgan fingerprint density at radius 1 is 1.40 bits per heavy atom. The van der Waals surface area contributed by atoms with Crippen LogP contribution in [0.5, 0.6) is 0 Å². The van der Waals surface area contributed by atoms with Crippen LogP contribution in [0.2, 0.25) is 0 Å². The quantitative estimate of drug-likeness (QED) is 0.331. The summed E-state index contributed by atoms with van der Waals surface area (Å²) in [6, 6.07) is 7.54. The van der Waals surface area contributed by atoms with E-state index in [-0.39, 0.29) is 6.42 Å². The van der Waals surface area contributed by atoms with E-state index in [0.29, 0.717) is 28.3 Å². The second-order valence-electron chi connectivity index (χ2n) is 7.87. The number of primary amides is 1. The van der Waals surface area contributed by atoms with E-state index >= 15 is 0 Å². The Kier molecular flexibility index (Phi) is 5.46. The second-order valence-corrected chi connectivity index (χ2v) is 9.39. The second kappa shape index (κ2) is 7.92. The lowest BCUT2D eigenvalue weighted by Gasteiger charge is -2.31. The largest absolute Gasteiger partial charge is 0.365 e. The van der Waals surface area contributed by atoms with Gasteiger partial charge in [-0.3, -0.25) is 9.59 Å². The summed E-state index contributed by atoms with van der Waals surface area (Å²) >= 11 is 5.60. The highest BCUT2D eigenvalue weighted by atomic mass is 32.1. The van der Waals surface area contributed by atoms with Crippen LogP contribution in [0.15, 0.2) is 30.5 Å². The summed E-state index contributed by atoms with van der Waals surface area (Å²) in [5.41, 5.74) is 7.15. The van der Waals surface area contributed by atoms with Crippen LogP contribution in [0.1, 0.15) is 46.1 Å². The monoisotopic (exact) mass is 441 g/mol. The molecule has 30 heavy (non-hydrogen) atoms. The molecule has 0 aliphatic heterocycles.